The third-order valence-corrected chi connectivity index (χ3v) is 3.91. The van der Waals surface area contributed by atoms with Crippen LogP contribution in [0.2, 0.25) is 0 Å². The quantitative estimate of drug-likeness (QED) is 0.516. The van der Waals surface area contributed by atoms with E-state index in [2.05, 4.69) is 10.3 Å². The topological polar surface area (TPSA) is 77.5 Å². The minimum Gasteiger partial charge on any atom is -0.489 e. The smallest absolute Gasteiger partial charge is 0.278 e. The Morgan fingerprint density at radius 3 is 2.79 bits per heavy atom. The van der Waals surface area contributed by atoms with Crippen molar-refractivity contribution in [3.05, 3.63) is 90.4 Å². The summed E-state index contributed by atoms with van der Waals surface area (Å²) in [6, 6.07) is 16.4. The highest BCUT2D eigenvalue weighted by atomic mass is 19.1. The predicted octanol–water partition coefficient (Wildman–Crippen LogP) is 4.91. The van der Waals surface area contributed by atoms with Crippen molar-refractivity contribution < 1.29 is 22.8 Å². The molecule has 0 unspecified atom stereocenters. The number of ether oxygens (including phenoxy) is 1. The van der Waals surface area contributed by atoms with Crippen LogP contribution in [0.4, 0.5) is 10.1 Å². The molecule has 1 N–H and O–H groups in total. The van der Waals surface area contributed by atoms with Gasteiger partial charge in [0, 0.05) is 11.8 Å². The second-order valence-electron chi connectivity index (χ2n) is 5.91. The summed E-state index contributed by atoms with van der Waals surface area (Å²) in [5.74, 6) is 0.315. The van der Waals surface area contributed by atoms with Gasteiger partial charge in [-0.05, 0) is 42.0 Å². The maximum atomic E-state index is 13.2. The van der Waals surface area contributed by atoms with Crippen molar-refractivity contribution in [3.8, 4) is 17.3 Å². The molecule has 0 spiro atoms. The van der Waals surface area contributed by atoms with Crippen LogP contribution in [0.15, 0.2) is 82.2 Å². The highest BCUT2D eigenvalue weighted by molar-refractivity contribution is 6.06. The fourth-order valence-corrected chi connectivity index (χ4v) is 2.64. The monoisotopic (exact) mass is 378 g/mol. The first-order valence-electron chi connectivity index (χ1n) is 8.45. The van der Waals surface area contributed by atoms with Crippen LogP contribution in [-0.4, -0.2) is 10.9 Å². The van der Waals surface area contributed by atoms with Crippen molar-refractivity contribution in [1.82, 2.24) is 4.98 Å². The van der Waals surface area contributed by atoms with E-state index in [-0.39, 0.29) is 23.9 Å². The number of furan rings is 1. The lowest BCUT2D eigenvalue weighted by molar-refractivity contribution is 0.102. The normalized spacial score (nSPS) is 10.6. The van der Waals surface area contributed by atoms with E-state index in [4.69, 9.17) is 13.6 Å². The second kappa shape index (κ2) is 7.79. The van der Waals surface area contributed by atoms with Gasteiger partial charge in [-0.1, -0.05) is 18.2 Å². The van der Waals surface area contributed by atoms with Crippen LogP contribution in [-0.2, 0) is 6.61 Å². The van der Waals surface area contributed by atoms with Crippen LogP contribution in [0, 0.1) is 5.82 Å². The molecule has 6 nitrogen and oxygen atoms in total. The fourth-order valence-electron chi connectivity index (χ4n) is 2.64. The highest BCUT2D eigenvalue weighted by Gasteiger charge is 2.20. The van der Waals surface area contributed by atoms with Crippen molar-refractivity contribution in [1.29, 1.82) is 0 Å². The fraction of sp³-hybridized carbons (Fsp3) is 0.0476. The maximum Gasteiger partial charge on any atom is 0.278 e. The lowest BCUT2D eigenvalue weighted by Crippen LogP contribution is -2.13. The predicted molar refractivity (Wildman–Crippen MR) is 99.3 cm³/mol. The molecule has 140 valence electrons. The van der Waals surface area contributed by atoms with E-state index in [1.54, 1.807) is 42.5 Å². The largest absolute Gasteiger partial charge is 0.489 e. The van der Waals surface area contributed by atoms with Gasteiger partial charge in [0.2, 0.25) is 5.76 Å². The molecule has 2 heterocycles. The summed E-state index contributed by atoms with van der Waals surface area (Å²) in [6.07, 6.45) is 2.68. The number of rotatable bonds is 6. The van der Waals surface area contributed by atoms with E-state index in [0.29, 0.717) is 17.2 Å². The number of hydrogen-bond donors (Lipinski definition) is 1. The van der Waals surface area contributed by atoms with Crippen LogP contribution in [0.1, 0.15) is 16.1 Å². The molecule has 0 aliphatic rings. The van der Waals surface area contributed by atoms with E-state index in [1.165, 1.54) is 24.8 Å². The average molecular weight is 378 g/mol. The van der Waals surface area contributed by atoms with Crippen molar-refractivity contribution in [2.45, 2.75) is 6.61 Å². The molecule has 0 saturated carbocycles. The van der Waals surface area contributed by atoms with Gasteiger partial charge < -0.3 is 18.9 Å². The third-order valence-electron chi connectivity index (χ3n) is 3.91. The molecule has 1 amide bonds. The number of benzene rings is 2. The van der Waals surface area contributed by atoms with Crippen molar-refractivity contribution in [2.75, 3.05) is 5.32 Å². The summed E-state index contributed by atoms with van der Waals surface area (Å²) in [5, 5.41) is 2.78. The molecule has 2 aromatic carbocycles. The Morgan fingerprint density at radius 1 is 1.07 bits per heavy atom. The van der Waals surface area contributed by atoms with Gasteiger partial charge >= 0.3 is 0 Å². The number of aromatic nitrogens is 1. The van der Waals surface area contributed by atoms with Crippen LogP contribution in [0.3, 0.4) is 0 Å². The Hall–Kier alpha value is -3.87. The molecule has 0 aliphatic carbocycles. The lowest BCUT2D eigenvalue weighted by atomic mass is 10.2. The first kappa shape index (κ1) is 17.5. The third kappa shape index (κ3) is 3.93. The first-order valence-corrected chi connectivity index (χ1v) is 8.45. The average Bonchev–Trinajstić information content (AvgIpc) is 3.38. The number of amides is 1. The van der Waals surface area contributed by atoms with E-state index >= 15 is 0 Å². The molecule has 4 rings (SSSR count). The van der Waals surface area contributed by atoms with E-state index in [9.17, 15) is 9.18 Å². The summed E-state index contributed by atoms with van der Waals surface area (Å²) >= 11 is 0. The zero-order chi connectivity index (χ0) is 19.3. The minimum atomic E-state index is -0.427. The van der Waals surface area contributed by atoms with Crippen LogP contribution in [0.5, 0.6) is 5.75 Å². The van der Waals surface area contributed by atoms with Gasteiger partial charge in [0.25, 0.3) is 5.91 Å². The Labute approximate surface area is 159 Å². The molecular formula is C21H15FN2O4. The number of oxazole rings is 1. The van der Waals surface area contributed by atoms with Crippen molar-refractivity contribution >= 4 is 11.6 Å². The Morgan fingerprint density at radius 2 is 1.96 bits per heavy atom. The van der Waals surface area contributed by atoms with Crippen molar-refractivity contribution in [2.24, 2.45) is 0 Å². The molecular weight excluding hydrogens is 363 g/mol. The van der Waals surface area contributed by atoms with Gasteiger partial charge in [0.1, 0.15) is 18.2 Å². The zero-order valence-electron chi connectivity index (χ0n) is 14.6. The van der Waals surface area contributed by atoms with Crippen molar-refractivity contribution in [3.63, 3.8) is 0 Å². The molecule has 0 saturated heterocycles. The molecule has 2 aromatic heterocycles. The molecule has 0 fully saturated rings. The summed E-state index contributed by atoms with van der Waals surface area (Å²) < 4.78 is 29.3. The SMILES string of the molecule is O=C(Nc1cccc(COc2cccc(F)c2)c1)c1ncoc1-c1ccco1. The molecule has 0 aliphatic heterocycles. The van der Waals surface area contributed by atoms with Crippen LogP contribution < -0.4 is 10.1 Å². The molecule has 4 aromatic rings. The number of halogens is 1. The number of carbonyl (C=O) groups excluding carboxylic acids is 1. The lowest BCUT2D eigenvalue weighted by Gasteiger charge is -2.09. The summed E-state index contributed by atoms with van der Waals surface area (Å²) in [6.45, 7) is 0.231. The molecule has 7 heteroatoms. The standard InChI is InChI=1S/C21H15FN2O4/c22-15-5-2-7-17(11-15)27-12-14-4-1-6-16(10-14)24-21(25)19-20(28-13-23-19)18-8-3-9-26-18/h1-11,13H,12H2,(H,24,25). The second-order valence-corrected chi connectivity index (χ2v) is 5.91. The van der Waals surface area contributed by atoms with E-state index in [0.717, 1.165) is 5.56 Å². The minimum absolute atomic E-state index is 0.122. The van der Waals surface area contributed by atoms with Gasteiger partial charge in [-0.3, -0.25) is 4.79 Å². The number of carbonyl (C=O) groups is 1. The van der Waals surface area contributed by atoms with Gasteiger partial charge in [0.15, 0.2) is 17.8 Å². The molecule has 0 atom stereocenters. The molecule has 28 heavy (non-hydrogen) atoms. The van der Waals surface area contributed by atoms with Gasteiger partial charge in [0.05, 0.1) is 6.26 Å². The Balaban J connectivity index is 1.45. The van der Waals surface area contributed by atoms with E-state index < -0.39 is 5.91 Å². The Bertz CT molecular complexity index is 1090. The number of nitrogens with zero attached hydrogens (tertiary/aromatic N) is 1. The number of hydrogen-bond acceptors (Lipinski definition) is 5. The van der Waals surface area contributed by atoms with Gasteiger partial charge in [-0.25, -0.2) is 9.37 Å². The maximum absolute atomic E-state index is 13.2. The van der Waals surface area contributed by atoms with E-state index in [1.807, 2.05) is 6.07 Å². The molecule has 0 radical (unpaired) electrons. The number of nitrogens with one attached hydrogen (secondary N) is 1. The zero-order valence-corrected chi connectivity index (χ0v) is 14.6. The highest BCUT2D eigenvalue weighted by Crippen LogP contribution is 2.24. The summed E-state index contributed by atoms with van der Waals surface area (Å²) in [5.41, 5.74) is 1.50. The van der Waals surface area contributed by atoms with Gasteiger partial charge in [-0.15, -0.1) is 0 Å². The molecule has 0 bridgehead atoms. The summed E-state index contributed by atoms with van der Waals surface area (Å²) in [4.78, 5) is 16.5. The van der Waals surface area contributed by atoms with Gasteiger partial charge in [-0.2, -0.15) is 0 Å². The number of anilines is 1. The summed E-state index contributed by atoms with van der Waals surface area (Å²) in [7, 11) is 0. The van der Waals surface area contributed by atoms with Crippen LogP contribution in [0.25, 0.3) is 11.5 Å². The Kier molecular flexibility index (Phi) is 4.88. The first-order chi connectivity index (χ1) is 13.7. The van der Waals surface area contributed by atoms with Crippen LogP contribution >= 0.6 is 0 Å².